The van der Waals surface area contributed by atoms with Crippen molar-refractivity contribution in [2.45, 2.75) is 32.1 Å². The van der Waals surface area contributed by atoms with Crippen molar-refractivity contribution in [3.05, 3.63) is 30.1 Å². The number of nitrogens with zero attached hydrogens (tertiary/aromatic N) is 4. The third kappa shape index (κ3) is 1.95. The average molecular weight is 244 g/mol. The van der Waals surface area contributed by atoms with Gasteiger partial charge in [0, 0.05) is 30.8 Å². The molecule has 1 fully saturated rings. The smallest absolute Gasteiger partial charge is 0.145 e. The van der Waals surface area contributed by atoms with Gasteiger partial charge in [-0.25, -0.2) is 20.8 Å². The number of hydrogen-bond acceptors (Lipinski definition) is 5. The molecule has 0 radical (unpaired) electrons. The van der Waals surface area contributed by atoms with Crippen molar-refractivity contribution in [1.82, 2.24) is 19.5 Å². The molecule has 6 heteroatoms. The first kappa shape index (κ1) is 11.2. The molecule has 94 valence electrons. The number of anilines is 1. The average Bonchev–Trinajstić information content (AvgIpc) is 3.15. The van der Waals surface area contributed by atoms with E-state index in [1.165, 1.54) is 0 Å². The number of nitrogen functional groups attached to an aromatic ring is 1. The second kappa shape index (κ2) is 4.38. The van der Waals surface area contributed by atoms with Crippen molar-refractivity contribution in [1.29, 1.82) is 0 Å². The van der Waals surface area contributed by atoms with Crippen LogP contribution in [0.2, 0.25) is 0 Å². The second-order valence-corrected chi connectivity index (χ2v) is 4.46. The van der Waals surface area contributed by atoms with Crippen molar-refractivity contribution < 1.29 is 0 Å². The lowest BCUT2D eigenvalue weighted by Gasteiger charge is -2.09. The molecule has 0 amide bonds. The topological polar surface area (TPSA) is 81.7 Å². The molecule has 18 heavy (non-hydrogen) atoms. The fraction of sp³-hybridized carbons (Fsp3) is 0.417. The first-order chi connectivity index (χ1) is 8.81. The lowest BCUT2D eigenvalue weighted by molar-refractivity contribution is 0.832. The van der Waals surface area contributed by atoms with E-state index in [2.05, 4.69) is 27.3 Å². The van der Waals surface area contributed by atoms with E-state index < -0.39 is 0 Å². The second-order valence-electron chi connectivity index (χ2n) is 4.46. The van der Waals surface area contributed by atoms with Gasteiger partial charge in [-0.3, -0.25) is 4.57 Å². The van der Waals surface area contributed by atoms with Gasteiger partial charge < -0.3 is 5.43 Å². The van der Waals surface area contributed by atoms with Crippen molar-refractivity contribution in [3.63, 3.8) is 0 Å². The van der Waals surface area contributed by atoms with Crippen molar-refractivity contribution >= 4 is 5.82 Å². The Kier molecular flexibility index (Phi) is 2.71. The van der Waals surface area contributed by atoms with E-state index in [4.69, 9.17) is 5.84 Å². The maximum atomic E-state index is 5.47. The number of hydrazine groups is 1. The highest BCUT2D eigenvalue weighted by atomic mass is 15.3. The molecule has 3 rings (SSSR count). The van der Waals surface area contributed by atoms with Gasteiger partial charge in [-0.15, -0.1) is 0 Å². The Balaban J connectivity index is 2.07. The molecule has 2 heterocycles. The van der Waals surface area contributed by atoms with E-state index in [1.54, 1.807) is 6.20 Å². The van der Waals surface area contributed by atoms with Crippen LogP contribution in [0.3, 0.4) is 0 Å². The minimum atomic E-state index is 0.491. The summed E-state index contributed by atoms with van der Waals surface area (Å²) in [5, 5.41) is 0. The van der Waals surface area contributed by atoms with Crippen LogP contribution >= 0.6 is 0 Å². The van der Waals surface area contributed by atoms with Gasteiger partial charge in [0.25, 0.3) is 0 Å². The molecular formula is C12H16N6. The molecule has 0 unspecified atom stereocenters. The summed E-state index contributed by atoms with van der Waals surface area (Å²) < 4.78 is 1.98. The summed E-state index contributed by atoms with van der Waals surface area (Å²) >= 11 is 0. The zero-order valence-corrected chi connectivity index (χ0v) is 10.3. The van der Waals surface area contributed by atoms with Gasteiger partial charge in [0.05, 0.1) is 0 Å². The number of rotatable bonds is 4. The Labute approximate surface area is 105 Å². The fourth-order valence-corrected chi connectivity index (χ4v) is 1.98. The standard InChI is InChI=1S/C12H16N6/c1-2-10-14-5-6-18(10)11-7-9(17-13)15-12(16-11)8-3-4-8/h5-8H,2-4,13H2,1H3,(H,15,16,17). The molecule has 2 aromatic rings. The van der Waals surface area contributed by atoms with Gasteiger partial charge in [0.15, 0.2) is 0 Å². The van der Waals surface area contributed by atoms with E-state index in [1.807, 2.05) is 16.8 Å². The van der Waals surface area contributed by atoms with Gasteiger partial charge in [-0.2, -0.15) is 0 Å². The van der Waals surface area contributed by atoms with E-state index in [0.29, 0.717) is 11.7 Å². The number of aromatic nitrogens is 4. The summed E-state index contributed by atoms with van der Waals surface area (Å²) in [5.74, 6) is 9.29. The molecule has 0 aromatic carbocycles. The largest absolute Gasteiger partial charge is 0.308 e. The zero-order chi connectivity index (χ0) is 12.5. The molecule has 6 nitrogen and oxygen atoms in total. The number of imidazole rings is 1. The molecule has 2 aromatic heterocycles. The Morgan fingerprint density at radius 1 is 1.44 bits per heavy atom. The van der Waals surface area contributed by atoms with Crippen LogP contribution in [0.1, 0.15) is 37.3 Å². The molecule has 0 spiro atoms. The van der Waals surface area contributed by atoms with Crippen molar-refractivity contribution in [3.8, 4) is 5.82 Å². The molecule has 0 atom stereocenters. The van der Waals surface area contributed by atoms with Crippen LogP contribution in [-0.4, -0.2) is 19.5 Å². The fourth-order valence-electron chi connectivity index (χ4n) is 1.98. The summed E-state index contributed by atoms with van der Waals surface area (Å²) in [6, 6.07) is 1.84. The van der Waals surface area contributed by atoms with Crippen LogP contribution in [0.4, 0.5) is 5.82 Å². The minimum absolute atomic E-state index is 0.491. The summed E-state index contributed by atoms with van der Waals surface area (Å²) in [6.07, 6.45) is 6.89. The van der Waals surface area contributed by atoms with Crippen molar-refractivity contribution in [2.24, 2.45) is 5.84 Å². The van der Waals surface area contributed by atoms with Crippen LogP contribution in [-0.2, 0) is 6.42 Å². The SMILES string of the molecule is CCc1nccn1-c1cc(NN)nc(C2CC2)n1. The highest BCUT2D eigenvalue weighted by molar-refractivity contribution is 5.42. The van der Waals surface area contributed by atoms with E-state index in [0.717, 1.165) is 36.7 Å². The predicted molar refractivity (Wildman–Crippen MR) is 68.3 cm³/mol. The van der Waals surface area contributed by atoms with Crippen molar-refractivity contribution in [2.75, 3.05) is 5.43 Å². The van der Waals surface area contributed by atoms with Gasteiger partial charge in [0.2, 0.25) is 0 Å². The summed E-state index contributed by atoms with van der Waals surface area (Å²) in [7, 11) is 0. The first-order valence-corrected chi connectivity index (χ1v) is 6.20. The normalized spacial score (nSPS) is 14.8. The number of nitrogens with one attached hydrogen (secondary N) is 1. The van der Waals surface area contributed by atoms with Crippen LogP contribution in [0.15, 0.2) is 18.5 Å². The Morgan fingerprint density at radius 3 is 2.94 bits per heavy atom. The first-order valence-electron chi connectivity index (χ1n) is 6.20. The predicted octanol–water partition coefficient (Wildman–Crippen LogP) is 1.39. The summed E-state index contributed by atoms with van der Waals surface area (Å²) in [6.45, 7) is 2.07. The molecule has 3 N–H and O–H groups in total. The Morgan fingerprint density at radius 2 is 2.28 bits per heavy atom. The number of hydrogen-bond donors (Lipinski definition) is 2. The number of nitrogens with two attached hydrogens (primary N) is 1. The maximum absolute atomic E-state index is 5.47. The van der Waals surface area contributed by atoms with Gasteiger partial charge in [-0.05, 0) is 12.8 Å². The maximum Gasteiger partial charge on any atom is 0.145 e. The third-order valence-corrected chi connectivity index (χ3v) is 3.10. The lowest BCUT2D eigenvalue weighted by Crippen LogP contribution is -2.12. The van der Waals surface area contributed by atoms with Crippen LogP contribution < -0.4 is 11.3 Å². The third-order valence-electron chi connectivity index (χ3n) is 3.10. The summed E-state index contributed by atoms with van der Waals surface area (Å²) in [5.41, 5.74) is 2.60. The number of aryl methyl sites for hydroxylation is 1. The van der Waals surface area contributed by atoms with Gasteiger partial charge in [0.1, 0.15) is 23.3 Å². The van der Waals surface area contributed by atoms with Crippen LogP contribution in [0.5, 0.6) is 0 Å². The van der Waals surface area contributed by atoms with Gasteiger partial charge in [-0.1, -0.05) is 6.92 Å². The molecule has 0 aliphatic heterocycles. The molecule has 1 aliphatic rings. The highest BCUT2D eigenvalue weighted by Crippen LogP contribution is 2.38. The van der Waals surface area contributed by atoms with Gasteiger partial charge >= 0.3 is 0 Å². The van der Waals surface area contributed by atoms with E-state index in [-0.39, 0.29) is 0 Å². The Bertz CT molecular complexity index is 557. The van der Waals surface area contributed by atoms with Crippen LogP contribution in [0.25, 0.3) is 5.82 Å². The molecule has 1 saturated carbocycles. The lowest BCUT2D eigenvalue weighted by atomic mass is 10.3. The van der Waals surface area contributed by atoms with Crippen LogP contribution in [0, 0.1) is 0 Å². The highest BCUT2D eigenvalue weighted by Gasteiger charge is 2.27. The quantitative estimate of drug-likeness (QED) is 0.627. The molecular weight excluding hydrogens is 228 g/mol. The molecule has 0 saturated heterocycles. The monoisotopic (exact) mass is 244 g/mol. The van der Waals surface area contributed by atoms with E-state index in [9.17, 15) is 0 Å². The summed E-state index contributed by atoms with van der Waals surface area (Å²) in [4.78, 5) is 13.3. The van der Waals surface area contributed by atoms with E-state index >= 15 is 0 Å². The molecule has 0 bridgehead atoms. The zero-order valence-electron chi connectivity index (χ0n) is 10.3. The molecule has 1 aliphatic carbocycles. The Hall–Kier alpha value is -1.95. The minimum Gasteiger partial charge on any atom is -0.308 e.